The van der Waals surface area contributed by atoms with Crippen LogP contribution in [-0.4, -0.2) is 11.2 Å². The summed E-state index contributed by atoms with van der Waals surface area (Å²) in [5.41, 5.74) is -0.258. The molecule has 1 aliphatic rings. The Labute approximate surface area is 124 Å². The minimum absolute atomic E-state index is 0.267. The maximum atomic E-state index is 11.9. The first kappa shape index (κ1) is 14.9. The summed E-state index contributed by atoms with van der Waals surface area (Å²) in [6.07, 6.45) is 5.29. The number of hydrogen-bond acceptors (Lipinski definition) is 3. The van der Waals surface area contributed by atoms with E-state index in [1.54, 1.807) is 13.8 Å². The van der Waals surface area contributed by atoms with Crippen molar-refractivity contribution in [1.82, 2.24) is 0 Å². The van der Waals surface area contributed by atoms with Crippen LogP contribution in [-0.2, 0) is 4.79 Å². The van der Waals surface area contributed by atoms with E-state index in [-0.39, 0.29) is 5.91 Å². The van der Waals surface area contributed by atoms with Gasteiger partial charge in [0.2, 0.25) is 5.91 Å². The molecular weight excluding hydrogens is 268 g/mol. The van der Waals surface area contributed by atoms with Gasteiger partial charge >= 0.3 is 0 Å². The Hall–Kier alpha value is -1.47. The Kier molecular flexibility index (Phi) is 4.72. The second-order valence-electron chi connectivity index (χ2n) is 5.74. The number of benzene rings is 1. The molecule has 0 heterocycles. The number of carbonyl (C=O) groups excluding carboxylic acids is 1. The molecule has 0 saturated heterocycles. The van der Waals surface area contributed by atoms with Crippen LogP contribution in [0, 0.1) is 16.7 Å². The average Bonchev–Trinajstić information content (AvgIpc) is 2.94. The van der Waals surface area contributed by atoms with E-state index in [0.29, 0.717) is 0 Å². The van der Waals surface area contributed by atoms with Crippen LogP contribution in [0.5, 0.6) is 0 Å². The largest absolute Gasteiger partial charge is 0.325 e. The van der Waals surface area contributed by atoms with Crippen LogP contribution in [0.2, 0.25) is 0 Å². The summed E-state index contributed by atoms with van der Waals surface area (Å²) in [4.78, 5) is 13.1. The van der Waals surface area contributed by atoms with E-state index in [2.05, 4.69) is 5.32 Å². The maximum absolute atomic E-state index is 11.9. The van der Waals surface area contributed by atoms with Crippen LogP contribution in [0.4, 0.5) is 5.69 Å². The molecule has 0 bridgehead atoms. The molecule has 0 spiro atoms. The van der Waals surface area contributed by atoms with E-state index in [1.165, 1.54) is 30.6 Å². The van der Waals surface area contributed by atoms with Crippen LogP contribution in [0.3, 0.4) is 0 Å². The zero-order chi connectivity index (χ0) is 14.6. The lowest BCUT2D eigenvalue weighted by molar-refractivity contribution is -0.121. The molecule has 4 heteroatoms. The number of carbonyl (C=O) groups is 1. The number of amides is 1. The summed E-state index contributed by atoms with van der Waals surface area (Å²) in [7, 11) is 0. The SMILES string of the molecule is CC(C)(C#N)C(=O)Nc1ccc(SC2CCCC2)cc1. The molecule has 1 aromatic carbocycles. The smallest absolute Gasteiger partial charge is 0.244 e. The van der Waals surface area contributed by atoms with Gasteiger partial charge in [-0.05, 0) is 51.0 Å². The Morgan fingerprint density at radius 2 is 1.90 bits per heavy atom. The molecule has 3 nitrogen and oxygen atoms in total. The standard InChI is InChI=1S/C16H20N2OS/c1-16(2,11-17)15(19)18-12-7-9-14(10-8-12)20-13-5-3-4-6-13/h7-10,13H,3-6H2,1-2H3,(H,18,19). The van der Waals surface area contributed by atoms with E-state index in [1.807, 2.05) is 42.1 Å². The van der Waals surface area contributed by atoms with E-state index in [9.17, 15) is 4.79 Å². The summed E-state index contributed by atoms with van der Waals surface area (Å²) in [6.45, 7) is 3.24. The normalized spacial score (nSPS) is 15.8. The number of nitriles is 1. The molecule has 0 aromatic heterocycles. The van der Waals surface area contributed by atoms with Gasteiger partial charge in [-0.1, -0.05) is 12.8 Å². The van der Waals surface area contributed by atoms with Crippen LogP contribution in [0.15, 0.2) is 29.2 Å². The monoisotopic (exact) mass is 288 g/mol. The minimum Gasteiger partial charge on any atom is -0.325 e. The molecule has 0 atom stereocenters. The Morgan fingerprint density at radius 3 is 2.45 bits per heavy atom. The van der Waals surface area contributed by atoms with Crippen molar-refractivity contribution in [3.63, 3.8) is 0 Å². The highest BCUT2D eigenvalue weighted by atomic mass is 32.2. The first-order valence-electron chi connectivity index (χ1n) is 7.01. The lowest BCUT2D eigenvalue weighted by atomic mass is 9.95. The second-order valence-corrected chi connectivity index (χ2v) is 7.11. The summed E-state index contributed by atoms with van der Waals surface area (Å²) in [6, 6.07) is 9.89. The van der Waals surface area contributed by atoms with Gasteiger partial charge in [0.15, 0.2) is 0 Å². The predicted molar refractivity (Wildman–Crippen MR) is 82.6 cm³/mol. The first-order valence-corrected chi connectivity index (χ1v) is 7.89. The van der Waals surface area contributed by atoms with Crippen molar-refractivity contribution in [3.8, 4) is 6.07 Å². The summed E-state index contributed by atoms with van der Waals surface area (Å²) in [5.74, 6) is -0.267. The molecule has 20 heavy (non-hydrogen) atoms. The fourth-order valence-electron chi connectivity index (χ4n) is 2.15. The molecule has 2 rings (SSSR count). The molecule has 0 radical (unpaired) electrons. The van der Waals surface area contributed by atoms with E-state index in [0.717, 1.165) is 10.9 Å². The zero-order valence-corrected chi connectivity index (χ0v) is 12.8. The van der Waals surface area contributed by atoms with Gasteiger partial charge in [-0.15, -0.1) is 11.8 Å². The van der Waals surface area contributed by atoms with Crippen molar-refractivity contribution in [1.29, 1.82) is 5.26 Å². The third-order valence-electron chi connectivity index (χ3n) is 3.56. The van der Waals surface area contributed by atoms with Crippen LogP contribution >= 0.6 is 11.8 Å². The van der Waals surface area contributed by atoms with Gasteiger partial charge in [-0.3, -0.25) is 4.79 Å². The molecule has 1 N–H and O–H groups in total. The van der Waals surface area contributed by atoms with E-state index >= 15 is 0 Å². The van der Waals surface area contributed by atoms with Crippen molar-refractivity contribution in [2.24, 2.45) is 5.41 Å². The average molecular weight is 288 g/mol. The van der Waals surface area contributed by atoms with Crippen molar-refractivity contribution in [2.75, 3.05) is 5.32 Å². The number of rotatable bonds is 4. The summed E-state index contributed by atoms with van der Waals surface area (Å²) in [5, 5.41) is 12.5. The van der Waals surface area contributed by atoms with Gasteiger partial charge in [0.05, 0.1) is 6.07 Å². The molecule has 1 aromatic rings. The van der Waals surface area contributed by atoms with Crippen molar-refractivity contribution >= 4 is 23.4 Å². The quantitative estimate of drug-likeness (QED) is 0.903. The summed E-state index contributed by atoms with van der Waals surface area (Å²) < 4.78 is 0. The molecular formula is C16H20N2OS. The molecule has 1 amide bonds. The van der Waals surface area contributed by atoms with Crippen molar-refractivity contribution in [3.05, 3.63) is 24.3 Å². The fraction of sp³-hybridized carbons (Fsp3) is 0.500. The minimum atomic E-state index is -1.00. The Bertz CT molecular complexity index is 510. The number of hydrogen-bond donors (Lipinski definition) is 1. The van der Waals surface area contributed by atoms with Gasteiger partial charge in [0, 0.05) is 15.8 Å². The van der Waals surface area contributed by atoms with Crippen molar-refractivity contribution < 1.29 is 4.79 Å². The number of nitrogens with zero attached hydrogens (tertiary/aromatic N) is 1. The zero-order valence-electron chi connectivity index (χ0n) is 12.0. The molecule has 1 saturated carbocycles. The lowest BCUT2D eigenvalue weighted by Gasteiger charge is -2.15. The fourth-order valence-corrected chi connectivity index (χ4v) is 3.40. The molecule has 1 aliphatic carbocycles. The molecule has 106 valence electrons. The third-order valence-corrected chi connectivity index (χ3v) is 4.91. The third kappa shape index (κ3) is 3.77. The topological polar surface area (TPSA) is 52.9 Å². The number of thioether (sulfide) groups is 1. The van der Waals surface area contributed by atoms with Gasteiger partial charge in [-0.2, -0.15) is 5.26 Å². The Morgan fingerprint density at radius 1 is 1.30 bits per heavy atom. The second kappa shape index (κ2) is 6.32. The van der Waals surface area contributed by atoms with Gasteiger partial charge in [-0.25, -0.2) is 0 Å². The highest BCUT2D eigenvalue weighted by Gasteiger charge is 2.27. The molecule has 1 fully saturated rings. The van der Waals surface area contributed by atoms with Crippen LogP contribution in [0.1, 0.15) is 39.5 Å². The maximum Gasteiger partial charge on any atom is 0.244 e. The van der Waals surface area contributed by atoms with Crippen LogP contribution < -0.4 is 5.32 Å². The van der Waals surface area contributed by atoms with Gasteiger partial charge < -0.3 is 5.32 Å². The number of anilines is 1. The van der Waals surface area contributed by atoms with Gasteiger partial charge in [0.1, 0.15) is 5.41 Å². The number of nitrogens with one attached hydrogen (secondary N) is 1. The summed E-state index contributed by atoms with van der Waals surface area (Å²) >= 11 is 1.92. The first-order chi connectivity index (χ1) is 9.51. The highest BCUT2D eigenvalue weighted by Crippen LogP contribution is 2.35. The van der Waals surface area contributed by atoms with E-state index in [4.69, 9.17) is 5.26 Å². The predicted octanol–water partition coefficient (Wildman–Crippen LogP) is 4.21. The molecule has 0 unspecified atom stereocenters. The van der Waals surface area contributed by atoms with Gasteiger partial charge in [0.25, 0.3) is 0 Å². The van der Waals surface area contributed by atoms with Crippen molar-refractivity contribution in [2.45, 2.75) is 49.7 Å². The van der Waals surface area contributed by atoms with E-state index < -0.39 is 5.41 Å². The van der Waals surface area contributed by atoms with Crippen LogP contribution in [0.25, 0.3) is 0 Å². The lowest BCUT2D eigenvalue weighted by Crippen LogP contribution is -2.29. The highest BCUT2D eigenvalue weighted by molar-refractivity contribution is 8.00. The Balaban J connectivity index is 1.94. The molecule has 0 aliphatic heterocycles.